The summed E-state index contributed by atoms with van der Waals surface area (Å²) in [5.41, 5.74) is 0.459. The standard InChI is InChI=1S/C15H15FN7O6PS.2Na/c1-22-20-13(19-21-22)18-14-17-5-12(31-14)10-3-2-8(4-11(10)16)23-6-9(29-15(23)24)7-28-30(25,26)27;;/h2-5,9H,6-7H2,1H3,(H,17,18,20)(H2,25,26,27);;/q;2*+1/p-2/t9-;;/m1../s1. The van der Waals surface area contributed by atoms with Gasteiger partial charge in [-0.25, -0.2) is 14.2 Å². The largest absolute Gasteiger partial charge is 1.00 e. The topological polar surface area (TPSA) is 170 Å². The van der Waals surface area contributed by atoms with Crippen molar-refractivity contribution >= 4 is 42.0 Å². The molecule has 1 aliphatic heterocycles. The summed E-state index contributed by atoms with van der Waals surface area (Å²) in [6.45, 7) is -0.707. The molecule has 0 spiro atoms. The number of carbonyl (C=O) groups excluding carboxylic acids is 1. The second-order valence-electron chi connectivity index (χ2n) is 6.28. The van der Waals surface area contributed by atoms with Gasteiger partial charge in [0.1, 0.15) is 11.9 Å². The summed E-state index contributed by atoms with van der Waals surface area (Å²) in [4.78, 5) is 40.2. The van der Waals surface area contributed by atoms with E-state index in [-0.39, 0.29) is 82.9 Å². The molecule has 13 nitrogen and oxygen atoms in total. The molecule has 3 heterocycles. The number of aryl methyl sites for hydroxylation is 1. The number of thiazole rings is 1. The smallest absolute Gasteiger partial charge is 0.790 e. The van der Waals surface area contributed by atoms with Crippen molar-refractivity contribution in [2.45, 2.75) is 6.10 Å². The molecule has 2 aromatic heterocycles. The van der Waals surface area contributed by atoms with Crippen LogP contribution in [0.1, 0.15) is 0 Å². The molecule has 33 heavy (non-hydrogen) atoms. The molecule has 18 heteroatoms. The minimum absolute atomic E-state index is 0. The minimum Gasteiger partial charge on any atom is -0.790 e. The molecule has 3 aromatic rings. The van der Waals surface area contributed by atoms with E-state index < -0.39 is 32.4 Å². The van der Waals surface area contributed by atoms with Gasteiger partial charge in [0.05, 0.1) is 38.6 Å². The SMILES string of the molecule is Cn1nnc(Nc2ncc(-c3ccc(N4C[C@H](COP(=O)([O-])[O-])OC4=O)cc3F)s2)n1.[Na+].[Na+]. The third-order valence-electron chi connectivity index (χ3n) is 4.06. The summed E-state index contributed by atoms with van der Waals surface area (Å²) in [5, 5.41) is 14.7. The number of hydrogen-bond donors (Lipinski definition) is 1. The molecule has 0 aliphatic carbocycles. The van der Waals surface area contributed by atoms with Gasteiger partial charge in [0.2, 0.25) is 0 Å². The van der Waals surface area contributed by atoms with E-state index in [1.807, 2.05) is 0 Å². The van der Waals surface area contributed by atoms with Crippen molar-refractivity contribution in [1.29, 1.82) is 0 Å². The first-order valence-electron chi connectivity index (χ1n) is 8.59. The molecule has 1 aromatic carbocycles. The van der Waals surface area contributed by atoms with Crippen LogP contribution in [0.15, 0.2) is 24.4 Å². The fraction of sp³-hybridized carbons (Fsp3) is 0.267. The van der Waals surface area contributed by atoms with E-state index in [1.54, 1.807) is 7.05 Å². The number of anilines is 3. The number of rotatable bonds is 7. The fourth-order valence-electron chi connectivity index (χ4n) is 2.75. The summed E-state index contributed by atoms with van der Waals surface area (Å²) in [7, 11) is -3.58. The number of phosphoric acid groups is 1. The molecule has 164 valence electrons. The van der Waals surface area contributed by atoms with Crippen LogP contribution in [-0.2, 0) is 20.9 Å². The van der Waals surface area contributed by atoms with Gasteiger partial charge in [-0.3, -0.25) is 10.2 Å². The quantitative estimate of drug-likeness (QED) is 0.235. The molecule has 1 amide bonds. The van der Waals surface area contributed by atoms with Crippen molar-refractivity contribution in [3.05, 3.63) is 30.2 Å². The molecule has 4 rings (SSSR count). The predicted molar refractivity (Wildman–Crippen MR) is 101 cm³/mol. The van der Waals surface area contributed by atoms with Crippen molar-refractivity contribution in [2.24, 2.45) is 7.05 Å². The van der Waals surface area contributed by atoms with E-state index >= 15 is 0 Å². The molecule has 1 atom stereocenters. The normalized spacial score (nSPS) is 15.6. The van der Waals surface area contributed by atoms with Crippen LogP contribution in [0.2, 0.25) is 0 Å². The Bertz CT molecular complexity index is 1180. The monoisotopic (exact) mass is 515 g/mol. The number of benzene rings is 1. The Labute approximate surface area is 234 Å². The molecular formula is C15H13FN7Na2O6PS. The predicted octanol–water partition coefficient (Wildman–Crippen LogP) is -5.61. The zero-order chi connectivity index (χ0) is 22.2. The van der Waals surface area contributed by atoms with E-state index in [0.29, 0.717) is 10.0 Å². The Morgan fingerprint density at radius 1 is 1.39 bits per heavy atom. The Hall–Kier alpha value is -0.970. The summed E-state index contributed by atoms with van der Waals surface area (Å²) in [6, 6.07) is 4.12. The van der Waals surface area contributed by atoms with E-state index in [1.165, 1.54) is 34.5 Å². The van der Waals surface area contributed by atoms with Crippen LogP contribution in [0.25, 0.3) is 10.4 Å². The molecule has 1 aliphatic rings. The number of ether oxygens (including phenoxy) is 1. The molecule has 0 bridgehead atoms. The summed E-state index contributed by atoms with van der Waals surface area (Å²) in [6.07, 6.45) is -0.312. The Kier molecular flexibility index (Phi) is 9.97. The summed E-state index contributed by atoms with van der Waals surface area (Å²) < 4.78 is 34.4. The number of amides is 1. The van der Waals surface area contributed by atoms with E-state index in [0.717, 1.165) is 11.0 Å². The molecule has 0 saturated carbocycles. The number of nitrogens with zero attached hydrogens (tertiary/aromatic N) is 6. The first-order valence-corrected chi connectivity index (χ1v) is 10.9. The third kappa shape index (κ3) is 7.26. The van der Waals surface area contributed by atoms with E-state index in [9.17, 15) is 23.5 Å². The Balaban J connectivity index is 0.00000193. The van der Waals surface area contributed by atoms with Crippen LogP contribution in [0.5, 0.6) is 0 Å². The van der Waals surface area contributed by atoms with Crippen molar-refractivity contribution in [3.63, 3.8) is 0 Å². The van der Waals surface area contributed by atoms with Crippen LogP contribution < -0.4 is 79.1 Å². The number of aromatic nitrogens is 5. The minimum atomic E-state index is -5.19. The zero-order valence-corrected chi connectivity index (χ0v) is 23.4. The molecule has 1 fully saturated rings. The maximum absolute atomic E-state index is 14.8. The zero-order valence-electron chi connectivity index (χ0n) is 17.7. The van der Waals surface area contributed by atoms with Gasteiger partial charge in [-0.05, 0) is 23.4 Å². The molecule has 1 saturated heterocycles. The fourth-order valence-corrected chi connectivity index (χ4v) is 3.94. The molecule has 0 radical (unpaired) electrons. The maximum atomic E-state index is 14.8. The van der Waals surface area contributed by atoms with Crippen molar-refractivity contribution in [1.82, 2.24) is 25.2 Å². The van der Waals surface area contributed by atoms with Gasteiger partial charge in [0, 0.05) is 11.8 Å². The molecular weight excluding hydrogens is 502 g/mol. The number of nitrogens with one attached hydrogen (secondary N) is 1. The average molecular weight is 515 g/mol. The summed E-state index contributed by atoms with van der Waals surface area (Å²) >= 11 is 1.17. The second-order valence-corrected chi connectivity index (χ2v) is 8.46. The molecule has 0 unspecified atom stereocenters. The maximum Gasteiger partial charge on any atom is 1.00 e. The number of tetrazole rings is 1. The first kappa shape index (κ1) is 28.3. The van der Waals surface area contributed by atoms with E-state index in [2.05, 4.69) is 30.2 Å². The van der Waals surface area contributed by atoms with Gasteiger partial charge in [-0.2, -0.15) is 4.80 Å². The molecule has 1 N–H and O–H groups in total. The number of cyclic esters (lactones) is 1. The van der Waals surface area contributed by atoms with Gasteiger partial charge in [-0.1, -0.05) is 16.4 Å². The van der Waals surface area contributed by atoms with Gasteiger partial charge in [0.25, 0.3) is 5.95 Å². The Morgan fingerprint density at radius 2 is 2.15 bits per heavy atom. The van der Waals surface area contributed by atoms with Gasteiger partial charge < -0.3 is 23.6 Å². The number of halogens is 1. The number of hydrogen-bond acceptors (Lipinski definition) is 12. The van der Waals surface area contributed by atoms with Crippen LogP contribution in [0.4, 0.5) is 26.0 Å². The van der Waals surface area contributed by atoms with Crippen LogP contribution >= 0.6 is 19.2 Å². The average Bonchev–Trinajstić information content (AvgIpc) is 3.40. The van der Waals surface area contributed by atoms with Crippen molar-refractivity contribution in [2.75, 3.05) is 23.4 Å². The number of phosphoric ester groups is 1. The van der Waals surface area contributed by atoms with Gasteiger partial charge in [-0.15, -0.1) is 5.10 Å². The Morgan fingerprint density at radius 3 is 2.79 bits per heavy atom. The van der Waals surface area contributed by atoms with Crippen LogP contribution in [0, 0.1) is 5.82 Å². The van der Waals surface area contributed by atoms with Gasteiger partial charge in [0.15, 0.2) is 5.13 Å². The van der Waals surface area contributed by atoms with Crippen LogP contribution in [0.3, 0.4) is 0 Å². The van der Waals surface area contributed by atoms with E-state index in [4.69, 9.17) is 4.74 Å². The second kappa shape index (κ2) is 11.6. The number of carbonyl (C=O) groups is 1. The van der Waals surface area contributed by atoms with Crippen molar-refractivity contribution < 1.29 is 91.9 Å². The van der Waals surface area contributed by atoms with Crippen molar-refractivity contribution in [3.8, 4) is 10.4 Å². The van der Waals surface area contributed by atoms with Crippen LogP contribution in [-0.4, -0.2) is 50.5 Å². The third-order valence-corrected chi connectivity index (χ3v) is 5.47. The summed E-state index contributed by atoms with van der Waals surface area (Å²) in [5.74, 6) is -0.364. The van der Waals surface area contributed by atoms with Gasteiger partial charge >= 0.3 is 65.2 Å². The first-order chi connectivity index (χ1) is 14.7.